The third kappa shape index (κ3) is 3.02. The van der Waals surface area contributed by atoms with Gasteiger partial charge in [-0.05, 0) is 58.0 Å². The standard InChI is InChI=1S/C18H15FIN3O2/c19-16-6-11(20)2-1-10(16)5-14-13(18(25)23-8-12(24)9-23)3-4-17-15(14)7-21-22-17/h1-4,6-7,12,24H,5,8-9H2,(H,21,22). The molecule has 2 aromatic carbocycles. The molecule has 128 valence electrons. The first-order valence-corrected chi connectivity index (χ1v) is 8.97. The average molecular weight is 451 g/mol. The van der Waals surface area contributed by atoms with Crippen molar-refractivity contribution in [2.24, 2.45) is 0 Å². The first-order valence-electron chi connectivity index (χ1n) is 7.89. The maximum absolute atomic E-state index is 14.3. The van der Waals surface area contributed by atoms with Crippen molar-refractivity contribution < 1.29 is 14.3 Å². The highest BCUT2D eigenvalue weighted by molar-refractivity contribution is 14.1. The third-order valence-corrected chi connectivity index (χ3v) is 5.17. The van der Waals surface area contributed by atoms with Crippen LogP contribution in [0, 0.1) is 9.39 Å². The molecule has 7 heteroatoms. The molecule has 2 heterocycles. The minimum atomic E-state index is -0.460. The van der Waals surface area contributed by atoms with E-state index in [1.54, 1.807) is 29.3 Å². The van der Waals surface area contributed by atoms with Gasteiger partial charge in [-0.15, -0.1) is 0 Å². The molecule has 5 nitrogen and oxygen atoms in total. The fourth-order valence-corrected chi connectivity index (χ4v) is 3.57. The van der Waals surface area contributed by atoms with Crippen LogP contribution in [0.5, 0.6) is 0 Å². The van der Waals surface area contributed by atoms with Crippen molar-refractivity contribution in [1.82, 2.24) is 15.1 Å². The fourth-order valence-electron chi connectivity index (χ4n) is 3.11. The second kappa shape index (κ2) is 6.38. The minimum absolute atomic E-state index is 0.144. The number of hydrogen-bond donors (Lipinski definition) is 2. The molecule has 1 fully saturated rings. The Morgan fingerprint density at radius 2 is 2.16 bits per heavy atom. The van der Waals surface area contributed by atoms with Gasteiger partial charge in [0.1, 0.15) is 5.82 Å². The van der Waals surface area contributed by atoms with Gasteiger partial charge in [0.15, 0.2) is 0 Å². The van der Waals surface area contributed by atoms with E-state index < -0.39 is 6.10 Å². The van der Waals surface area contributed by atoms with E-state index >= 15 is 0 Å². The lowest BCUT2D eigenvalue weighted by Gasteiger charge is -2.36. The predicted octanol–water partition coefficient (Wildman–Crippen LogP) is 2.71. The molecule has 1 aliphatic rings. The van der Waals surface area contributed by atoms with Crippen LogP contribution < -0.4 is 0 Å². The Morgan fingerprint density at radius 1 is 1.36 bits per heavy atom. The molecule has 25 heavy (non-hydrogen) atoms. The Hall–Kier alpha value is -2.00. The molecular weight excluding hydrogens is 436 g/mol. The number of halogens is 2. The van der Waals surface area contributed by atoms with Crippen LogP contribution in [-0.2, 0) is 6.42 Å². The zero-order valence-electron chi connectivity index (χ0n) is 13.2. The highest BCUT2D eigenvalue weighted by Gasteiger charge is 2.31. The quantitative estimate of drug-likeness (QED) is 0.602. The Morgan fingerprint density at radius 3 is 2.88 bits per heavy atom. The number of aromatic nitrogens is 2. The lowest BCUT2D eigenvalue weighted by Crippen LogP contribution is -2.53. The minimum Gasteiger partial charge on any atom is -0.389 e. The molecule has 0 bridgehead atoms. The Bertz CT molecular complexity index is 966. The Labute approximate surface area is 157 Å². The van der Waals surface area contributed by atoms with Crippen molar-refractivity contribution in [3.8, 4) is 0 Å². The van der Waals surface area contributed by atoms with Crippen molar-refractivity contribution in [3.63, 3.8) is 0 Å². The summed E-state index contributed by atoms with van der Waals surface area (Å²) in [6.45, 7) is 0.666. The number of amides is 1. The van der Waals surface area contributed by atoms with Crippen LogP contribution in [0.15, 0.2) is 36.5 Å². The van der Waals surface area contributed by atoms with Crippen molar-refractivity contribution in [3.05, 3.63) is 62.6 Å². The summed E-state index contributed by atoms with van der Waals surface area (Å²) in [5.74, 6) is -0.431. The molecule has 0 radical (unpaired) electrons. The second-order valence-corrected chi connectivity index (χ2v) is 7.45. The summed E-state index contributed by atoms with van der Waals surface area (Å²) >= 11 is 2.07. The normalized spacial score (nSPS) is 14.8. The van der Waals surface area contributed by atoms with E-state index in [4.69, 9.17) is 0 Å². The lowest BCUT2D eigenvalue weighted by atomic mass is 9.94. The molecule has 0 atom stereocenters. The predicted molar refractivity (Wildman–Crippen MR) is 99.9 cm³/mol. The summed E-state index contributed by atoms with van der Waals surface area (Å²) in [7, 11) is 0. The number of aliphatic hydroxyl groups excluding tert-OH is 1. The molecule has 0 unspecified atom stereocenters. The van der Waals surface area contributed by atoms with Crippen LogP contribution in [-0.4, -0.2) is 45.3 Å². The summed E-state index contributed by atoms with van der Waals surface area (Å²) < 4.78 is 15.2. The van der Waals surface area contributed by atoms with Crippen LogP contribution >= 0.6 is 22.6 Å². The number of hydrogen-bond acceptors (Lipinski definition) is 3. The van der Waals surface area contributed by atoms with Gasteiger partial charge in [0.25, 0.3) is 5.91 Å². The van der Waals surface area contributed by atoms with Gasteiger partial charge >= 0.3 is 0 Å². The van der Waals surface area contributed by atoms with Gasteiger partial charge in [0.05, 0.1) is 17.8 Å². The van der Waals surface area contributed by atoms with Crippen LogP contribution in [0.3, 0.4) is 0 Å². The zero-order chi connectivity index (χ0) is 17.6. The summed E-state index contributed by atoms with van der Waals surface area (Å²) in [6.07, 6.45) is 1.51. The number of carbonyl (C=O) groups excluding carboxylic acids is 1. The number of benzene rings is 2. The van der Waals surface area contributed by atoms with E-state index in [2.05, 4.69) is 32.8 Å². The molecule has 1 aromatic heterocycles. The van der Waals surface area contributed by atoms with Gasteiger partial charge in [-0.3, -0.25) is 9.89 Å². The summed E-state index contributed by atoms with van der Waals surface area (Å²) in [4.78, 5) is 14.4. The maximum atomic E-state index is 14.3. The molecule has 1 aliphatic heterocycles. The first kappa shape index (κ1) is 16.5. The van der Waals surface area contributed by atoms with Gasteiger partial charge in [-0.1, -0.05) is 6.07 Å². The summed E-state index contributed by atoms with van der Waals surface area (Å²) in [5.41, 5.74) is 2.62. The van der Waals surface area contributed by atoms with Gasteiger partial charge in [-0.2, -0.15) is 5.10 Å². The van der Waals surface area contributed by atoms with Crippen molar-refractivity contribution in [2.45, 2.75) is 12.5 Å². The number of H-pyrrole nitrogens is 1. The fraction of sp³-hybridized carbons (Fsp3) is 0.222. The average Bonchev–Trinajstić information content (AvgIpc) is 3.03. The lowest BCUT2D eigenvalue weighted by molar-refractivity contribution is 0.00584. The molecule has 4 rings (SSSR count). The van der Waals surface area contributed by atoms with E-state index in [1.165, 1.54) is 6.07 Å². The Kier molecular flexibility index (Phi) is 4.20. The highest BCUT2D eigenvalue weighted by atomic mass is 127. The van der Waals surface area contributed by atoms with Crippen molar-refractivity contribution >= 4 is 39.4 Å². The molecule has 0 saturated carbocycles. The molecule has 1 saturated heterocycles. The molecule has 0 aliphatic carbocycles. The number of aromatic amines is 1. The molecule has 0 spiro atoms. The number of carbonyl (C=O) groups is 1. The summed E-state index contributed by atoms with van der Waals surface area (Å²) in [6, 6.07) is 8.63. The number of likely N-dealkylation sites (tertiary alicyclic amines) is 1. The highest BCUT2D eigenvalue weighted by Crippen LogP contribution is 2.27. The van der Waals surface area contributed by atoms with Crippen LogP contribution in [0.4, 0.5) is 4.39 Å². The van der Waals surface area contributed by atoms with E-state index in [0.29, 0.717) is 30.6 Å². The number of rotatable bonds is 3. The summed E-state index contributed by atoms with van der Waals surface area (Å²) in [5, 5.41) is 17.2. The van der Waals surface area contributed by atoms with E-state index in [-0.39, 0.29) is 11.7 Å². The van der Waals surface area contributed by atoms with Gasteiger partial charge in [-0.25, -0.2) is 4.39 Å². The van der Waals surface area contributed by atoms with E-state index in [0.717, 1.165) is 20.0 Å². The molecular formula is C18H15FIN3O2. The van der Waals surface area contributed by atoms with Gasteiger partial charge in [0.2, 0.25) is 0 Å². The number of aliphatic hydroxyl groups is 1. The van der Waals surface area contributed by atoms with Crippen molar-refractivity contribution in [2.75, 3.05) is 13.1 Å². The van der Waals surface area contributed by atoms with Crippen LogP contribution in [0.25, 0.3) is 10.9 Å². The topological polar surface area (TPSA) is 69.2 Å². The monoisotopic (exact) mass is 451 g/mol. The SMILES string of the molecule is O=C(c1ccc2[nH]ncc2c1Cc1ccc(I)cc1F)N1CC(O)C1. The van der Waals surface area contributed by atoms with Crippen LogP contribution in [0.2, 0.25) is 0 Å². The molecule has 3 aromatic rings. The van der Waals surface area contributed by atoms with E-state index in [9.17, 15) is 14.3 Å². The maximum Gasteiger partial charge on any atom is 0.254 e. The Balaban J connectivity index is 1.78. The largest absolute Gasteiger partial charge is 0.389 e. The van der Waals surface area contributed by atoms with Crippen LogP contribution in [0.1, 0.15) is 21.5 Å². The number of fused-ring (bicyclic) bond motifs is 1. The first-order chi connectivity index (χ1) is 12.0. The van der Waals surface area contributed by atoms with E-state index in [1.807, 2.05) is 6.07 Å². The number of nitrogens with zero attached hydrogens (tertiary/aromatic N) is 2. The number of nitrogens with one attached hydrogen (secondary N) is 1. The van der Waals surface area contributed by atoms with Crippen molar-refractivity contribution in [1.29, 1.82) is 0 Å². The zero-order valence-corrected chi connectivity index (χ0v) is 15.3. The molecule has 1 amide bonds. The van der Waals surface area contributed by atoms with Gasteiger partial charge in [0, 0.05) is 34.0 Å². The smallest absolute Gasteiger partial charge is 0.254 e. The second-order valence-electron chi connectivity index (χ2n) is 6.20. The van der Waals surface area contributed by atoms with Gasteiger partial charge < -0.3 is 10.0 Å². The molecule has 2 N–H and O–H groups in total. The third-order valence-electron chi connectivity index (χ3n) is 4.50. The number of β-amino-alcohol motifs (C(OH)–C–C–N with tert-alkyl or cyclic N) is 1.